The largest absolute Gasteiger partial charge is 0.341 e. The van der Waals surface area contributed by atoms with E-state index in [1.807, 2.05) is 13.0 Å². The number of carbonyl (C=O) groups is 2. The number of carbonyl (C=O) groups excluding carboxylic acids is 2. The van der Waals surface area contributed by atoms with Gasteiger partial charge in [-0.25, -0.2) is 4.79 Å². The van der Waals surface area contributed by atoms with E-state index in [1.54, 1.807) is 11.3 Å². The molecule has 22 heavy (non-hydrogen) atoms. The summed E-state index contributed by atoms with van der Waals surface area (Å²) in [7, 11) is 1.50. The lowest BCUT2D eigenvalue weighted by atomic mass is 10.2. The van der Waals surface area contributed by atoms with Crippen LogP contribution in [0, 0.1) is 0 Å². The fourth-order valence-corrected chi connectivity index (χ4v) is 3.85. The molecule has 2 rings (SSSR count). The number of rotatable bonds is 4. The summed E-state index contributed by atoms with van der Waals surface area (Å²) in [6.45, 7) is 6.75. The number of imide groups is 1. The molecule has 1 aromatic rings. The molecule has 4 N–H and O–H groups in total. The molecule has 0 aromatic carbocycles. The fourth-order valence-electron chi connectivity index (χ4n) is 2.70. The highest BCUT2D eigenvalue weighted by Gasteiger charge is 2.31. The first-order chi connectivity index (χ1) is 10.5. The summed E-state index contributed by atoms with van der Waals surface area (Å²) in [6.07, 6.45) is 0. The van der Waals surface area contributed by atoms with Crippen molar-refractivity contribution in [3.8, 4) is 0 Å². The molecule has 1 fully saturated rings. The first kappa shape index (κ1) is 17.2. The van der Waals surface area contributed by atoms with Crippen LogP contribution in [-0.4, -0.2) is 51.2 Å². The summed E-state index contributed by atoms with van der Waals surface area (Å²) in [5.41, 5.74) is 0. The molecule has 1 aromatic heterocycles. The van der Waals surface area contributed by atoms with Gasteiger partial charge in [-0.3, -0.25) is 10.1 Å². The van der Waals surface area contributed by atoms with E-state index in [4.69, 9.17) is 11.6 Å². The number of halogens is 1. The third kappa shape index (κ3) is 4.67. The van der Waals surface area contributed by atoms with Gasteiger partial charge in [-0.2, -0.15) is 0 Å². The van der Waals surface area contributed by atoms with Crippen molar-refractivity contribution in [2.24, 2.45) is 0 Å². The minimum atomic E-state index is -0.449. The van der Waals surface area contributed by atoms with Crippen LogP contribution in [0.25, 0.3) is 0 Å². The van der Waals surface area contributed by atoms with Crippen LogP contribution < -0.4 is 20.4 Å². The van der Waals surface area contributed by atoms with Gasteiger partial charge in [0.1, 0.15) is 32.7 Å². The topological polar surface area (TPSA) is 67.1 Å². The number of urea groups is 1. The van der Waals surface area contributed by atoms with Crippen LogP contribution in [0.2, 0.25) is 4.34 Å². The monoisotopic (exact) mass is 346 g/mol. The Morgan fingerprint density at radius 1 is 1.32 bits per heavy atom. The lowest BCUT2D eigenvalue weighted by molar-refractivity contribution is -1.02. The van der Waals surface area contributed by atoms with Crippen molar-refractivity contribution >= 4 is 34.9 Å². The molecule has 0 aliphatic carbocycles. The highest BCUT2D eigenvalue weighted by atomic mass is 35.5. The Balaban J connectivity index is 1.78. The molecule has 0 unspecified atom stereocenters. The Morgan fingerprint density at radius 3 is 2.55 bits per heavy atom. The molecule has 0 radical (unpaired) electrons. The van der Waals surface area contributed by atoms with E-state index in [1.165, 1.54) is 21.7 Å². The van der Waals surface area contributed by atoms with Crippen LogP contribution >= 0.6 is 22.9 Å². The molecule has 2 heterocycles. The molecule has 0 saturated carbocycles. The van der Waals surface area contributed by atoms with Crippen molar-refractivity contribution < 1.29 is 19.4 Å². The van der Waals surface area contributed by atoms with Gasteiger partial charge in [-0.15, -0.1) is 11.3 Å². The normalized spacial score (nSPS) is 22.9. The van der Waals surface area contributed by atoms with Crippen molar-refractivity contribution in [1.29, 1.82) is 0 Å². The van der Waals surface area contributed by atoms with Crippen LogP contribution in [0.5, 0.6) is 0 Å². The third-order valence-corrected chi connectivity index (χ3v) is 5.35. The average molecular weight is 347 g/mol. The van der Waals surface area contributed by atoms with Crippen LogP contribution in [0.15, 0.2) is 12.1 Å². The van der Waals surface area contributed by atoms with E-state index in [9.17, 15) is 9.59 Å². The SMILES string of the molecule is CNC(=O)NC(=O)[C@@H](C)[NH+]1CC[NH+](Cc2ccc(Cl)s2)CC1. The Kier molecular flexibility index (Phi) is 6.19. The van der Waals surface area contributed by atoms with Gasteiger partial charge in [-0.05, 0) is 19.1 Å². The van der Waals surface area contributed by atoms with Crippen molar-refractivity contribution in [2.75, 3.05) is 33.2 Å². The molecule has 0 spiro atoms. The van der Waals surface area contributed by atoms with Crippen molar-refractivity contribution in [3.63, 3.8) is 0 Å². The van der Waals surface area contributed by atoms with E-state index < -0.39 is 6.03 Å². The van der Waals surface area contributed by atoms with Crippen LogP contribution in [0.3, 0.4) is 0 Å². The van der Waals surface area contributed by atoms with E-state index in [0.717, 1.165) is 37.1 Å². The van der Waals surface area contributed by atoms with Gasteiger partial charge in [0.15, 0.2) is 6.04 Å². The van der Waals surface area contributed by atoms with Crippen LogP contribution in [0.1, 0.15) is 11.8 Å². The summed E-state index contributed by atoms with van der Waals surface area (Å²) in [5.74, 6) is -0.220. The summed E-state index contributed by atoms with van der Waals surface area (Å²) >= 11 is 7.59. The van der Waals surface area contributed by atoms with Gasteiger partial charge in [0.2, 0.25) is 0 Å². The first-order valence-electron chi connectivity index (χ1n) is 7.44. The van der Waals surface area contributed by atoms with Crippen molar-refractivity contribution in [2.45, 2.75) is 19.5 Å². The van der Waals surface area contributed by atoms with Gasteiger partial charge < -0.3 is 15.1 Å². The second-order valence-corrected chi connectivity index (χ2v) is 7.38. The predicted molar refractivity (Wildman–Crippen MR) is 86.5 cm³/mol. The van der Waals surface area contributed by atoms with Gasteiger partial charge in [0, 0.05) is 7.05 Å². The molecule has 8 heteroatoms. The summed E-state index contributed by atoms with van der Waals surface area (Å²) in [5, 5.41) is 4.75. The number of thiophene rings is 1. The van der Waals surface area contributed by atoms with Gasteiger partial charge in [-0.1, -0.05) is 11.6 Å². The zero-order valence-electron chi connectivity index (χ0n) is 12.9. The minimum absolute atomic E-state index is 0.213. The van der Waals surface area contributed by atoms with E-state index >= 15 is 0 Å². The van der Waals surface area contributed by atoms with Gasteiger partial charge in [0.05, 0.1) is 9.21 Å². The maximum Gasteiger partial charge on any atom is 0.321 e. The number of quaternary nitrogens is 2. The van der Waals surface area contributed by atoms with E-state index in [2.05, 4.69) is 16.7 Å². The van der Waals surface area contributed by atoms with Crippen LogP contribution in [0.4, 0.5) is 4.79 Å². The van der Waals surface area contributed by atoms with Crippen LogP contribution in [-0.2, 0) is 11.3 Å². The number of piperazine rings is 1. The number of amides is 3. The summed E-state index contributed by atoms with van der Waals surface area (Å²) in [4.78, 5) is 27.2. The fraction of sp³-hybridized carbons (Fsp3) is 0.571. The zero-order valence-corrected chi connectivity index (χ0v) is 14.4. The molecular weight excluding hydrogens is 324 g/mol. The number of hydrogen-bond donors (Lipinski definition) is 4. The Bertz CT molecular complexity index is 529. The minimum Gasteiger partial charge on any atom is -0.341 e. The van der Waals surface area contributed by atoms with E-state index in [-0.39, 0.29) is 11.9 Å². The zero-order chi connectivity index (χ0) is 16.1. The average Bonchev–Trinajstić information content (AvgIpc) is 2.92. The van der Waals surface area contributed by atoms with Crippen molar-refractivity contribution in [3.05, 3.63) is 21.3 Å². The maximum atomic E-state index is 12.0. The Hall–Kier alpha value is -1.15. The second kappa shape index (κ2) is 7.92. The molecule has 1 saturated heterocycles. The lowest BCUT2D eigenvalue weighted by Gasteiger charge is -2.32. The predicted octanol–water partition coefficient (Wildman–Crippen LogP) is -1.47. The van der Waals surface area contributed by atoms with Gasteiger partial charge in [0.25, 0.3) is 5.91 Å². The number of hydrogen-bond acceptors (Lipinski definition) is 3. The maximum absolute atomic E-state index is 12.0. The quantitative estimate of drug-likeness (QED) is 0.538. The van der Waals surface area contributed by atoms with Gasteiger partial charge >= 0.3 is 6.03 Å². The molecule has 122 valence electrons. The summed E-state index contributed by atoms with van der Waals surface area (Å²) < 4.78 is 0.832. The number of nitrogens with one attached hydrogen (secondary N) is 4. The highest BCUT2D eigenvalue weighted by molar-refractivity contribution is 7.16. The molecular formula is C14H23ClN4O2S+2. The Morgan fingerprint density at radius 2 is 2.00 bits per heavy atom. The summed E-state index contributed by atoms with van der Waals surface area (Å²) in [6, 6.07) is 3.36. The van der Waals surface area contributed by atoms with Crippen molar-refractivity contribution in [1.82, 2.24) is 10.6 Å². The molecule has 3 amide bonds. The first-order valence-corrected chi connectivity index (χ1v) is 8.64. The second-order valence-electron chi connectivity index (χ2n) is 5.58. The molecule has 1 atom stereocenters. The lowest BCUT2D eigenvalue weighted by Crippen LogP contribution is -3.29. The standard InChI is InChI=1S/C14H21ClN4O2S/c1-10(13(20)17-14(21)16-2)19-7-5-18(6-8-19)9-11-3-4-12(15)22-11/h3-4,10H,5-9H2,1-2H3,(H2,16,17,20,21)/p+2/t10-/m1/s1. The smallest absolute Gasteiger partial charge is 0.321 e. The molecule has 6 nitrogen and oxygen atoms in total. The molecule has 0 bridgehead atoms. The van der Waals surface area contributed by atoms with E-state index in [0.29, 0.717) is 0 Å². The Labute approximate surface area is 139 Å². The molecule has 1 aliphatic rings. The highest BCUT2D eigenvalue weighted by Crippen LogP contribution is 2.20. The molecule has 1 aliphatic heterocycles. The third-order valence-electron chi connectivity index (χ3n) is 4.12.